The van der Waals surface area contributed by atoms with Gasteiger partial charge in [-0.2, -0.15) is 0 Å². The Morgan fingerprint density at radius 2 is 0.762 bits per heavy atom. The Kier molecular flexibility index (Phi) is 5.90. The van der Waals surface area contributed by atoms with E-state index in [1.807, 2.05) is 78.9 Å². The molecule has 10 heteroatoms. The summed E-state index contributed by atoms with van der Waals surface area (Å²) in [6, 6.07) is 25.7. The molecule has 2 aliphatic rings. The topological polar surface area (TPSA) is 118 Å². The van der Waals surface area contributed by atoms with E-state index in [2.05, 4.69) is 4.98 Å². The van der Waals surface area contributed by atoms with E-state index < -0.39 is 0 Å². The fourth-order valence-corrected chi connectivity index (χ4v) is 5.35. The van der Waals surface area contributed by atoms with E-state index in [0.717, 1.165) is 43.8 Å². The minimum atomic E-state index is 0. The summed E-state index contributed by atoms with van der Waals surface area (Å²) in [5.41, 5.74) is 5.52. The van der Waals surface area contributed by atoms with Crippen molar-refractivity contribution in [3.8, 4) is 45.6 Å². The third-order valence-electron chi connectivity index (χ3n) is 7.22. The van der Waals surface area contributed by atoms with Gasteiger partial charge in [0.05, 0.1) is 23.3 Å². The van der Waals surface area contributed by atoms with Gasteiger partial charge in [-0.25, -0.2) is 9.97 Å². The Hall–Kier alpha value is -5.31. The van der Waals surface area contributed by atoms with Crippen molar-refractivity contribution in [2.45, 2.75) is 0 Å². The van der Waals surface area contributed by atoms with Crippen LogP contribution in [0.5, 0.6) is 0 Å². The van der Waals surface area contributed by atoms with Crippen molar-refractivity contribution in [1.82, 2.24) is 44.9 Å². The third-order valence-corrected chi connectivity index (χ3v) is 7.22. The van der Waals surface area contributed by atoms with E-state index >= 15 is 0 Å². The van der Waals surface area contributed by atoms with E-state index in [0.29, 0.717) is 45.9 Å². The van der Waals surface area contributed by atoms with Gasteiger partial charge in [-0.15, -0.1) is 0 Å². The van der Waals surface area contributed by atoms with Crippen LogP contribution in [0.25, 0.3) is 89.7 Å². The zero-order valence-electron chi connectivity index (χ0n) is 22.0. The molecule has 9 nitrogen and oxygen atoms in total. The molecule has 205 valence electrons. The standard InChI is InChI=1S/C31H15N9.CH3.Cu/c1-2-8-17-16(7-1)24-33-25(17)35-27-20-11-5-6-12-21(20)29(37-27)39-31-23-15-32-14-13-22(23)30(40-31)38-28-19-10-4-3-9-18(19)26(34-24)36-28;;/h1-15H;1H3;/q-2;-1;. The largest absolute Gasteiger partial charge is 0.358 e. The Morgan fingerprint density at radius 3 is 1.19 bits per heavy atom. The number of pyridine rings is 1. The molecule has 6 heterocycles. The summed E-state index contributed by atoms with van der Waals surface area (Å²) in [7, 11) is 0. The number of fused-ring (bicyclic) bond motifs is 20. The van der Waals surface area contributed by atoms with Crippen LogP contribution in [0.2, 0.25) is 0 Å². The Bertz CT molecular complexity index is 2040. The molecule has 0 N–H and O–H groups in total. The zero-order valence-corrected chi connectivity index (χ0v) is 22.9. The maximum Gasteiger partial charge on any atom is 0.0943 e. The predicted octanol–water partition coefficient (Wildman–Crippen LogP) is 5.97. The third kappa shape index (κ3) is 3.73. The smallest absolute Gasteiger partial charge is 0.0943 e. The number of aromatic nitrogens is 9. The molecule has 3 aromatic carbocycles. The molecule has 7 aromatic rings. The second-order valence-corrected chi connectivity index (χ2v) is 9.54. The summed E-state index contributed by atoms with van der Waals surface area (Å²) in [5.74, 6) is 2.09. The van der Waals surface area contributed by atoms with Crippen LogP contribution in [0, 0.1) is 7.43 Å². The molecule has 0 fully saturated rings. The van der Waals surface area contributed by atoms with Crippen molar-refractivity contribution in [3.63, 3.8) is 0 Å². The van der Waals surface area contributed by atoms with E-state index in [1.165, 1.54) is 0 Å². The van der Waals surface area contributed by atoms with Gasteiger partial charge in [-0.1, -0.05) is 72.8 Å². The fraction of sp³-hybridized carbons (Fsp3) is 0. The summed E-state index contributed by atoms with van der Waals surface area (Å²) in [5, 5.41) is 3.51. The number of benzene rings is 3. The maximum absolute atomic E-state index is 4.94. The zero-order chi connectivity index (χ0) is 26.2. The van der Waals surface area contributed by atoms with Crippen molar-refractivity contribution in [2.75, 3.05) is 0 Å². The van der Waals surface area contributed by atoms with Crippen molar-refractivity contribution in [3.05, 3.63) is 98.7 Å². The molecular formula is C32H18CuN9-3. The van der Waals surface area contributed by atoms with Gasteiger partial charge in [-0.3, -0.25) is 4.98 Å². The van der Waals surface area contributed by atoms with Crippen molar-refractivity contribution < 1.29 is 17.1 Å². The first-order chi connectivity index (χ1) is 19.8. The summed E-state index contributed by atoms with van der Waals surface area (Å²) in [6.07, 6.45) is 3.48. The molecule has 4 aromatic heterocycles. The van der Waals surface area contributed by atoms with Crippen LogP contribution in [-0.2, 0) is 17.1 Å². The number of hydrogen-bond donors (Lipinski definition) is 0. The number of rotatable bonds is 0. The maximum atomic E-state index is 4.94. The first-order valence-electron chi connectivity index (χ1n) is 12.7. The Balaban J connectivity index is 0.00000144. The van der Waals surface area contributed by atoms with Crippen molar-refractivity contribution in [2.24, 2.45) is 0 Å². The van der Waals surface area contributed by atoms with Gasteiger partial charge in [0.15, 0.2) is 0 Å². The SMILES string of the molecule is [CH3-].[Cu].c1ccc2c(c1)-c1nc-2nc2[n-]c(nc3nc(nc4[n-]c(n1)c1ccccc41)-c1ccncc1-3)c1ccccc21. The van der Waals surface area contributed by atoms with Gasteiger partial charge < -0.3 is 37.3 Å². The van der Waals surface area contributed by atoms with E-state index in [9.17, 15) is 0 Å². The molecule has 8 bridgehead atoms. The van der Waals surface area contributed by atoms with Gasteiger partial charge in [0.25, 0.3) is 0 Å². The van der Waals surface area contributed by atoms with Crippen molar-refractivity contribution in [1.29, 1.82) is 0 Å². The minimum absolute atomic E-state index is 0. The van der Waals surface area contributed by atoms with E-state index in [1.54, 1.807) is 12.4 Å². The van der Waals surface area contributed by atoms with Gasteiger partial charge in [0.2, 0.25) is 0 Å². The molecule has 0 aliphatic carbocycles. The van der Waals surface area contributed by atoms with Gasteiger partial charge in [0.1, 0.15) is 0 Å². The van der Waals surface area contributed by atoms with Gasteiger partial charge >= 0.3 is 0 Å². The molecule has 0 atom stereocenters. The monoisotopic (exact) mass is 591 g/mol. The Labute approximate surface area is 249 Å². The van der Waals surface area contributed by atoms with Crippen LogP contribution in [-0.4, -0.2) is 34.9 Å². The fourth-order valence-electron chi connectivity index (χ4n) is 5.35. The van der Waals surface area contributed by atoms with Gasteiger partial charge in [-0.05, 0) is 27.6 Å². The Morgan fingerprint density at radius 1 is 0.405 bits per heavy atom. The average Bonchev–Trinajstić information content (AvgIpc) is 3.73. The second-order valence-electron chi connectivity index (χ2n) is 9.54. The van der Waals surface area contributed by atoms with Crippen LogP contribution >= 0.6 is 0 Å². The van der Waals surface area contributed by atoms with E-state index in [4.69, 9.17) is 39.9 Å². The first-order valence-corrected chi connectivity index (χ1v) is 12.7. The molecule has 9 rings (SSSR count). The van der Waals surface area contributed by atoms with Crippen LogP contribution in [0.1, 0.15) is 0 Å². The summed E-state index contributed by atoms with van der Waals surface area (Å²) >= 11 is 0. The molecule has 2 aliphatic heterocycles. The molecule has 0 amide bonds. The van der Waals surface area contributed by atoms with E-state index in [-0.39, 0.29) is 24.5 Å². The first kappa shape index (κ1) is 25.6. The molecule has 1 radical (unpaired) electrons. The van der Waals surface area contributed by atoms with Crippen LogP contribution < -0.4 is 9.97 Å². The van der Waals surface area contributed by atoms with Crippen LogP contribution in [0.4, 0.5) is 0 Å². The predicted molar refractivity (Wildman–Crippen MR) is 158 cm³/mol. The van der Waals surface area contributed by atoms with Crippen molar-refractivity contribution >= 4 is 44.1 Å². The summed E-state index contributed by atoms with van der Waals surface area (Å²) < 4.78 is 0. The average molecular weight is 592 g/mol. The molecule has 42 heavy (non-hydrogen) atoms. The van der Waals surface area contributed by atoms with Gasteiger partial charge in [0, 0.05) is 74.3 Å². The molecule has 0 unspecified atom stereocenters. The van der Waals surface area contributed by atoms with Crippen LogP contribution in [0.3, 0.4) is 0 Å². The molecule has 0 saturated heterocycles. The second kappa shape index (κ2) is 9.66. The summed E-state index contributed by atoms with van der Waals surface area (Å²) in [6.45, 7) is 0. The summed E-state index contributed by atoms with van der Waals surface area (Å²) in [4.78, 5) is 43.4. The number of nitrogens with zero attached hydrogens (tertiary/aromatic N) is 9. The quantitative estimate of drug-likeness (QED) is 0.155. The normalized spacial score (nSPS) is 11.4. The molecule has 0 saturated carbocycles. The minimum Gasteiger partial charge on any atom is -0.358 e. The molecule has 0 spiro atoms. The van der Waals surface area contributed by atoms with Crippen LogP contribution in [0.15, 0.2) is 91.3 Å². The molecular weight excluding hydrogens is 574 g/mol. The number of hydrogen-bond acceptors (Lipinski definition) is 7.